The minimum atomic E-state index is -0.152. The van der Waals surface area contributed by atoms with E-state index in [-0.39, 0.29) is 59.5 Å². The SMILES string of the molecule is CCC.CCCC(CC1CC(=O)c2c(ccc(CC(=O)c3ccc(C(=O)c4ccccc4)cc3)c2C)C1)C(CC)C(=O)CC(C)=O. The molecule has 0 saturated heterocycles. The van der Waals surface area contributed by atoms with Crippen LogP contribution in [0, 0.1) is 24.7 Å². The number of hydrogen-bond acceptors (Lipinski definition) is 5. The van der Waals surface area contributed by atoms with Gasteiger partial charge in [0.2, 0.25) is 0 Å². The molecule has 0 radical (unpaired) electrons. The molecular weight excluding hydrogens is 572 g/mol. The van der Waals surface area contributed by atoms with E-state index in [4.69, 9.17) is 0 Å². The first-order valence-electron chi connectivity index (χ1n) is 16.9. The second-order valence-electron chi connectivity index (χ2n) is 12.8. The number of rotatable bonds is 14. The van der Waals surface area contributed by atoms with Crippen molar-refractivity contribution in [2.24, 2.45) is 17.8 Å². The molecule has 3 unspecified atom stereocenters. The molecule has 0 heterocycles. The van der Waals surface area contributed by atoms with E-state index in [1.807, 2.05) is 44.2 Å². The first kappa shape index (κ1) is 36.5. The van der Waals surface area contributed by atoms with Crippen molar-refractivity contribution in [3.63, 3.8) is 0 Å². The molecule has 1 aliphatic carbocycles. The van der Waals surface area contributed by atoms with Crippen LogP contribution in [-0.4, -0.2) is 28.9 Å². The molecule has 0 aliphatic heterocycles. The predicted octanol–water partition coefficient (Wildman–Crippen LogP) is 9.19. The van der Waals surface area contributed by atoms with Crippen LogP contribution in [0.25, 0.3) is 0 Å². The lowest BCUT2D eigenvalue weighted by atomic mass is 9.72. The summed E-state index contributed by atoms with van der Waals surface area (Å²) >= 11 is 0. The first-order valence-corrected chi connectivity index (χ1v) is 16.9. The van der Waals surface area contributed by atoms with Gasteiger partial charge in [-0.05, 0) is 61.6 Å². The van der Waals surface area contributed by atoms with Crippen molar-refractivity contribution in [1.82, 2.24) is 0 Å². The molecule has 5 nitrogen and oxygen atoms in total. The molecule has 244 valence electrons. The van der Waals surface area contributed by atoms with Gasteiger partial charge in [-0.3, -0.25) is 24.0 Å². The van der Waals surface area contributed by atoms with Gasteiger partial charge < -0.3 is 0 Å². The maximum atomic E-state index is 13.5. The number of fused-ring (bicyclic) bond motifs is 1. The molecule has 0 fully saturated rings. The van der Waals surface area contributed by atoms with Crippen molar-refractivity contribution in [1.29, 1.82) is 0 Å². The van der Waals surface area contributed by atoms with Crippen molar-refractivity contribution >= 4 is 28.9 Å². The van der Waals surface area contributed by atoms with Crippen LogP contribution in [0.3, 0.4) is 0 Å². The van der Waals surface area contributed by atoms with Gasteiger partial charge >= 0.3 is 0 Å². The highest BCUT2D eigenvalue weighted by Gasteiger charge is 2.33. The van der Waals surface area contributed by atoms with Gasteiger partial charge in [0.1, 0.15) is 11.6 Å². The van der Waals surface area contributed by atoms with E-state index in [1.165, 1.54) is 13.3 Å². The highest BCUT2D eigenvalue weighted by molar-refractivity contribution is 6.09. The molecule has 0 aromatic heterocycles. The largest absolute Gasteiger partial charge is 0.300 e. The van der Waals surface area contributed by atoms with Crippen molar-refractivity contribution in [3.8, 4) is 0 Å². The number of carbonyl (C=O) groups is 5. The second kappa shape index (κ2) is 17.6. The number of Topliss-reactive ketones (excluding diaryl/α,β-unsaturated/α-hetero) is 4. The molecule has 0 spiro atoms. The third-order valence-electron chi connectivity index (χ3n) is 8.92. The van der Waals surface area contributed by atoms with Crippen molar-refractivity contribution in [2.45, 2.75) is 99.3 Å². The fourth-order valence-electron chi connectivity index (χ4n) is 6.80. The van der Waals surface area contributed by atoms with Crippen molar-refractivity contribution in [2.75, 3.05) is 0 Å². The Bertz CT molecular complexity index is 1520. The Morgan fingerprint density at radius 1 is 0.804 bits per heavy atom. The lowest BCUT2D eigenvalue weighted by Crippen LogP contribution is -2.30. The van der Waals surface area contributed by atoms with Gasteiger partial charge in [-0.2, -0.15) is 0 Å². The average Bonchev–Trinajstić information content (AvgIpc) is 3.03. The lowest BCUT2D eigenvalue weighted by Gasteiger charge is -2.32. The standard InChI is InChI=1S/C38H42O5.C3H8/c1-5-10-31(33(6-2)35(41)19-24(3)39)20-26-21-32-18-17-30(25(4)37(32)36(42)22-26)23-34(40)27-13-15-29(16-14-27)38(43)28-11-8-7-9-12-28;1-3-2/h7-9,11-18,26,31,33H,5-6,10,19-23H2,1-4H3;3H2,1-2H3. The summed E-state index contributed by atoms with van der Waals surface area (Å²) < 4.78 is 0. The van der Waals surface area contributed by atoms with Gasteiger partial charge in [0.25, 0.3) is 0 Å². The average molecular weight is 623 g/mol. The smallest absolute Gasteiger partial charge is 0.193 e. The van der Waals surface area contributed by atoms with Crippen LogP contribution in [0.2, 0.25) is 0 Å². The highest BCUT2D eigenvalue weighted by atomic mass is 16.2. The fourth-order valence-corrected chi connectivity index (χ4v) is 6.80. The predicted molar refractivity (Wildman–Crippen MR) is 185 cm³/mol. The van der Waals surface area contributed by atoms with Gasteiger partial charge in [-0.25, -0.2) is 0 Å². The van der Waals surface area contributed by atoms with E-state index in [2.05, 4.69) is 20.8 Å². The third kappa shape index (κ3) is 9.51. The Hall–Kier alpha value is -3.99. The number of carbonyl (C=O) groups excluding carboxylic acids is 5. The normalized spacial score (nSPS) is 15.2. The molecule has 4 rings (SSSR count). The molecule has 3 aromatic carbocycles. The molecule has 5 heteroatoms. The van der Waals surface area contributed by atoms with Crippen LogP contribution < -0.4 is 0 Å². The molecule has 3 atom stereocenters. The topological polar surface area (TPSA) is 85.3 Å². The molecule has 0 saturated carbocycles. The van der Waals surface area contributed by atoms with E-state index in [0.29, 0.717) is 29.5 Å². The monoisotopic (exact) mass is 622 g/mol. The van der Waals surface area contributed by atoms with Gasteiger partial charge in [-0.15, -0.1) is 0 Å². The summed E-state index contributed by atoms with van der Waals surface area (Å²) in [4.78, 5) is 63.9. The van der Waals surface area contributed by atoms with Gasteiger partial charge in [0.05, 0.1) is 6.42 Å². The fraction of sp³-hybridized carbons (Fsp3) is 0.439. The summed E-state index contributed by atoms with van der Waals surface area (Å²) in [5.41, 5.74) is 5.10. The Labute approximate surface area is 275 Å². The molecule has 46 heavy (non-hydrogen) atoms. The summed E-state index contributed by atoms with van der Waals surface area (Å²) in [6, 6.07) is 19.8. The maximum Gasteiger partial charge on any atom is 0.193 e. The lowest BCUT2D eigenvalue weighted by molar-refractivity contribution is -0.129. The van der Waals surface area contributed by atoms with Crippen LogP contribution in [0.1, 0.15) is 133 Å². The zero-order chi connectivity index (χ0) is 33.8. The number of hydrogen-bond donors (Lipinski definition) is 0. The summed E-state index contributed by atoms with van der Waals surface area (Å²) in [6.45, 7) is 11.8. The van der Waals surface area contributed by atoms with E-state index in [0.717, 1.165) is 47.9 Å². The van der Waals surface area contributed by atoms with E-state index in [9.17, 15) is 24.0 Å². The van der Waals surface area contributed by atoms with E-state index >= 15 is 0 Å². The molecule has 1 aliphatic rings. The molecule has 0 bridgehead atoms. The minimum absolute atomic E-state index is 0.0121. The molecule has 0 N–H and O–H groups in total. The summed E-state index contributed by atoms with van der Waals surface area (Å²) in [5.74, 6) is 0.0374. The van der Waals surface area contributed by atoms with Crippen LogP contribution in [-0.2, 0) is 22.4 Å². The van der Waals surface area contributed by atoms with Crippen LogP contribution in [0.4, 0.5) is 0 Å². The van der Waals surface area contributed by atoms with Crippen LogP contribution in [0.15, 0.2) is 66.7 Å². The first-order chi connectivity index (χ1) is 22.0. The van der Waals surface area contributed by atoms with Crippen LogP contribution in [0.5, 0.6) is 0 Å². The Morgan fingerprint density at radius 3 is 2.00 bits per heavy atom. The molecular formula is C41H50O5. The third-order valence-corrected chi connectivity index (χ3v) is 8.92. The van der Waals surface area contributed by atoms with E-state index in [1.54, 1.807) is 36.4 Å². The zero-order valence-corrected chi connectivity index (χ0v) is 28.5. The van der Waals surface area contributed by atoms with Crippen molar-refractivity contribution < 1.29 is 24.0 Å². The number of benzene rings is 3. The molecule has 3 aromatic rings. The highest BCUT2D eigenvalue weighted by Crippen LogP contribution is 2.37. The van der Waals surface area contributed by atoms with Gasteiger partial charge in [0.15, 0.2) is 17.3 Å². The molecule has 0 amide bonds. The summed E-state index contributed by atoms with van der Waals surface area (Å²) in [7, 11) is 0. The second-order valence-corrected chi connectivity index (χ2v) is 12.8. The van der Waals surface area contributed by atoms with Crippen LogP contribution >= 0.6 is 0 Å². The maximum absolute atomic E-state index is 13.5. The van der Waals surface area contributed by atoms with Crippen molar-refractivity contribution in [3.05, 3.63) is 106 Å². The van der Waals surface area contributed by atoms with Gasteiger partial charge in [0, 0.05) is 41.0 Å². The quantitative estimate of drug-likeness (QED) is 0.132. The Balaban J connectivity index is 0.00000185. The van der Waals surface area contributed by atoms with Gasteiger partial charge in [-0.1, -0.05) is 114 Å². The zero-order valence-electron chi connectivity index (χ0n) is 28.5. The Morgan fingerprint density at radius 2 is 1.41 bits per heavy atom. The minimum Gasteiger partial charge on any atom is -0.300 e. The summed E-state index contributed by atoms with van der Waals surface area (Å²) in [5, 5.41) is 0. The van der Waals surface area contributed by atoms with E-state index < -0.39 is 0 Å². The summed E-state index contributed by atoms with van der Waals surface area (Å²) in [6.07, 6.45) is 5.97. The Kier molecular flexibility index (Phi) is 14.0. The number of ketones is 5.